The second-order valence-electron chi connectivity index (χ2n) is 6.78. The van der Waals surface area contributed by atoms with Crippen LogP contribution in [-0.4, -0.2) is 42.5 Å². The van der Waals surface area contributed by atoms with E-state index in [2.05, 4.69) is 15.5 Å². The van der Waals surface area contributed by atoms with E-state index in [-0.39, 0.29) is 18.2 Å². The fourth-order valence-electron chi connectivity index (χ4n) is 3.37. The number of ether oxygens (including phenoxy) is 1. The third-order valence-corrected chi connectivity index (χ3v) is 4.80. The Labute approximate surface area is 165 Å². The molecule has 1 saturated heterocycles. The number of nitrogens with zero attached hydrogens (tertiary/aromatic N) is 1. The molecular formula is C22H27N3O3. The normalized spacial score (nSPS) is 17.0. The molecule has 1 unspecified atom stereocenters. The van der Waals surface area contributed by atoms with Crippen molar-refractivity contribution in [2.24, 2.45) is 0 Å². The lowest BCUT2D eigenvalue weighted by Crippen LogP contribution is -2.56. The summed E-state index contributed by atoms with van der Waals surface area (Å²) in [6.07, 6.45) is 0.134. The molecule has 0 radical (unpaired) electrons. The van der Waals surface area contributed by atoms with Gasteiger partial charge < -0.3 is 15.4 Å². The van der Waals surface area contributed by atoms with Crippen molar-refractivity contribution in [2.75, 3.05) is 19.7 Å². The second kappa shape index (κ2) is 9.90. The van der Waals surface area contributed by atoms with Crippen LogP contribution in [0.2, 0.25) is 0 Å². The zero-order valence-electron chi connectivity index (χ0n) is 16.2. The number of nitrogens with one attached hydrogen (secondary N) is 2. The van der Waals surface area contributed by atoms with Gasteiger partial charge in [-0.15, -0.1) is 0 Å². The summed E-state index contributed by atoms with van der Waals surface area (Å²) in [6.45, 7) is 4.84. The first-order chi connectivity index (χ1) is 13.7. The largest absolute Gasteiger partial charge is 0.494 e. The second-order valence-corrected chi connectivity index (χ2v) is 6.78. The topological polar surface area (TPSA) is 70.7 Å². The number of hydrogen-bond donors (Lipinski definition) is 2. The molecule has 1 aliphatic rings. The van der Waals surface area contributed by atoms with E-state index in [0.717, 1.165) is 16.9 Å². The Kier molecular flexibility index (Phi) is 7.03. The van der Waals surface area contributed by atoms with Gasteiger partial charge in [-0.2, -0.15) is 0 Å². The van der Waals surface area contributed by atoms with Gasteiger partial charge in [-0.05, 0) is 18.6 Å². The standard InChI is InChI=1S/C22H27N3O3/c1-2-28-20-11-7-6-10-18(20)16-25-13-12-23-22(27)19(25)14-21(26)24-15-17-8-4-3-5-9-17/h3-11,19H,2,12-16H2,1H3,(H,23,27)(H,24,26). The maximum absolute atomic E-state index is 12.5. The highest BCUT2D eigenvalue weighted by molar-refractivity contribution is 5.88. The number of piperazine rings is 1. The molecule has 3 rings (SSSR count). The minimum atomic E-state index is -0.487. The Morgan fingerprint density at radius 3 is 2.71 bits per heavy atom. The van der Waals surface area contributed by atoms with Crippen LogP contribution in [0, 0.1) is 0 Å². The van der Waals surface area contributed by atoms with Crippen molar-refractivity contribution in [1.82, 2.24) is 15.5 Å². The molecule has 1 fully saturated rings. The van der Waals surface area contributed by atoms with Crippen LogP contribution < -0.4 is 15.4 Å². The molecule has 28 heavy (non-hydrogen) atoms. The molecule has 2 aromatic carbocycles. The minimum Gasteiger partial charge on any atom is -0.494 e. The Morgan fingerprint density at radius 1 is 1.18 bits per heavy atom. The molecule has 6 nitrogen and oxygen atoms in total. The van der Waals surface area contributed by atoms with Gasteiger partial charge in [-0.1, -0.05) is 48.5 Å². The lowest BCUT2D eigenvalue weighted by Gasteiger charge is -2.35. The summed E-state index contributed by atoms with van der Waals surface area (Å²) in [7, 11) is 0. The summed E-state index contributed by atoms with van der Waals surface area (Å²) >= 11 is 0. The van der Waals surface area contributed by atoms with Gasteiger partial charge in [0, 0.05) is 31.7 Å². The van der Waals surface area contributed by atoms with Crippen LogP contribution in [0.25, 0.3) is 0 Å². The number of carbonyl (C=O) groups excluding carboxylic acids is 2. The number of amides is 2. The van der Waals surface area contributed by atoms with Crippen LogP contribution in [-0.2, 0) is 22.7 Å². The first kappa shape index (κ1) is 19.9. The Morgan fingerprint density at radius 2 is 1.93 bits per heavy atom. The Balaban J connectivity index is 1.64. The summed E-state index contributed by atoms with van der Waals surface area (Å²) in [5.41, 5.74) is 2.06. The molecule has 0 spiro atoms. The Hall–Kier alpha value is -2.86. The average molecular weight is 381 g/mol. The molecule has 1 atom stereocenters. The molecule has 0 bridgehead atoms. The van der Waals surface area contributed by atoms with Gasteiger partial charge in [0.05, 0.1) is 19.1 Å². The molecule has 0 saturated carbocycles. The third-order valence-electron chi connectivity index (χ3n) is 4.80. The zero-order chi connectivity index (χ0) is 19.8. The van der Waals surface area contributed by atoms with E-state index in [1.807, 2.05) is 61.5 Å². The van der Waals surface area contributed by atoms with Gasteiger partial charge >= 0.3 is 0 Å². The van der Waals surface area contributed by atoms with E-state index < -0.39 is 6.04 Å². The predicted octanol–water partition coefficient (Wildman–Crippen LogP) is 2.09. The summed E-state index contributed by atoms with van der Waals surface area (Å²) in [6, 6.07) is 17.1. The smallest absolute Gasteiger partial charge is 0.237 e. The molecule has 1 heterocycles. The number of carbonyl (C=O) groups is 2. The Bertz CT molecular complexity index is 795. The van der Waals surface area contributed by atoms with Crippen molar-refractivity contribution in [2.45, 2.75) is 32.5 Å². The number of benzene rings is 2. The number of hydrogen-bond acceptors (Lipinski definition) is 4. The fraction of sp³-hybridized carbons (Fsp3) is 0.364. The highest BCUT2D eigenvalue weighted by atomic mass is 16.5. The molecule has 2 N–H and O–H groups in total. The lowest BCUT2D eigenvalue weighted by atomic mass is 10.1. The van der Waals surface area contributed by atoms with Crippen molar-refractivity contribution >= 4 is 11.8 Å². The summed E-state index contributed by atoms with van der Waals surface area (Å²) in [4.78, 5) is 27.0. The summed E-state index contributed by atoms with van der Waals surface area (Å²) in [5.74, 6) is 0.590. The van der Waals surface area contributed by atoms with Crippen LogP contribution in [0.3, 0.4) is 0 Å². The number of rotatable bonds is 8. The van der Waals surface area contributed by atoms with Crippen molar-refractivity contribution < 1.29 is 14.3 Å². The van der Waals surface area contributed by atoms with Crippen LogP contribution in [0.1, 0.15) is 24.5 Å². The van der Waals surface area contributed by atoms with Crippen molar-refractivity contribution in [3.8, 4) is 5.75 Å². The average Bonchev–Trinajstić information content (AvgIpc) is 2.71. The van der Waals surface area contributed by atoms with E-state index in [1.54, 1.807) is 0 Å². The van der Waals surface area contributed by atoms with Gasteiger partial charge in [-0.3, -0.25) is 14.5 Å². The first-order valence-corrected chi connectivity index (χ1v) is 9.70. The summed E-state index contributed by atoms with van der Waals surface area (Å²) < 4.78 is 5.70. The van der Waals surface area contributed by atoms with Gasteiger partial charge in [-0.25, -0.2) is 0 Å². The van der Waals surface area contributed by atoms with E-state index >= 15 is 0 Å². The highest BCUT2D eigenvalue weighted by Crippen LogP contribution is 2.22. The van der Waals surface area contributed by atoms with Gasteiger partial charge in [0.25, 0.3) is 0 Å². The van der Waals surface area contributed by atoms with E-state index in [9.17, 15) is 9.59 Å². The maximum Gasteiger partial charge on any atom is 0.237 e. The fourth-order valence-corrected chi connectivity index (χ4v) is 3.37. The maximum atomic E-state index is 12.5. The first-order valence-electron chi connectivity index (χ1n) is 9.70. The van der Waals surface area contributed by atoms with Crippen LogP contribution in [0.4, 0.5) is 0 Å². The molecule has 148 valence electrons. The zero-order valence-corrected chi connectivity index (χ0v) is 16.2. The molecule has 6 heteroatoms. The summed E-state index contributed by atoms with van der Waals surface area (Å²) in [5, 5.41) is 5.79. The van der Waals surface area contributed by atoms with Crippen LogP contribution in [0.15, 0.2) is 54.6 Å². The number of para-hydroxylation sites is 1. The highest BCUT2D eigenvalue weighted by Gasteiger charge is 2.32. The molecule has 1 aliphatic heterocycles. The van der Waals surface area contributed by atoms with Crippen LogP contribution in [0.5, 0.6) is 5.75 Å². The predicted molar refractivity (Wildman–Crippen MR) is 108 cm³/mol. The quantitative estimate of drug-likeness (QED) is 0.735. The molecule has 0 aromatic heterocycles. The van der Waals surface area contributed by atoms with Crippen molar-refractivity contribution in [3.63, 3.8) is 0 Å². The molecular weight excluding hydrogens is 354 g/mol. The van der Waals surface area contributed by atoms with Gasteiger partial charge in [0.15, 0.2) is 0 Å². The molecule has 2 aromatic rings. The van der Waals surface area contributed by atoms with Crippen molar-refractivity contribution in [1.29, 1.82) is 0 Å². The monoisotopic (exact) mass is 381 g/mol. The van der Waals surface area contributed by atoms with Gasteiger partial charge in [0.1, 0.15) is 5.75 Å². The molecule has 2 amide bonds. The van der Waals surface area contributed by atoms with E-state index in [0.29, 0.717) is 32.8 Å². The minimum absolute atomic E-state index is 0.102. The van der Waals surface area contributed by atoms with E-state index in [4.69, 9.17) is 4.74 Å². The van der Waals surface area contributed by atoms with Gasteiger partial charge in [0.2, 0.25) is 11.8 Å². The van der Waals surface area contributed by atoms with Crippen LogP contribution >= 0.6 is 0 Å². The SMILES string of the molecule is CCOc1ccccc1CN1CCNC(=O)C1CC(=O)NCc1ccccc1. The lowest BCUT2D eigenvalue weighted by molar-refractivity contribution is -0.134. The van der Waals surface area contributed by atoms with Crippen molar-refractivity contribution in [3.05, 3.63) is 65.7 Å². The third kappa shape index (κ3) is 5.33. The van der Waals surface area contributed by atoms with E-state index in [1.165, 1.54) is 0 Å². The molecule has 0 aliphatic carbocycles.